The summed E-state index contributed by atoms with van der Waals surface area (Å²) in [5.41, 5.74) is 1.68. The summed E-state index contributed by atoms with van der Waals surface area (Å²) in [5, 5.41) is 8.00. The van der Waals surface area contributed by atoms with E-state index in [0.29, 0.717) is 16.3 Å². The van der Waals surface area contributed by atoms with E-state index in [2.05, 4.69) is 0 Å². The number of thiazole rings is 1. The summed E-state index contributed by atoms with van der Waals surface area (Å²) in [6, 6.07) is 7.53. The molecule has 100 valence electrons. The second-order valence-electron chi connectivity index (χ2n) is 4.14. The van der Waals surface area contributed by atoms with Crippen LogP contribution < -0.4 is 9.54 Å². The largest absolute Gasteiger partial charge is 0.494 e. The van der Waals surface area contributed by atoms with Crippen molar-refractivity contribution in [2.45, 2.75) is 20.8 Å². The van der Waals surface area contributed by atoms with Crippen LogP contribution in [0.15, 0.2) is 24.3 Å². The first-order valence-corrected chi connectivity index (χ1v) is 6.87. The first kappa shape index (κ1) is 13.5. The Labute approximate surface area is 115 Å². The van der Waals surface area contributed by atoms with Gasteiger partial charge in [-0.1, -0.05) is 11.3 Å². The van der Waals surface area contributed by atoms with Gasteiger partial charge in [-0.3, -0.25) is 14.8 Å². The zero-order valence-corrected chi connectivity index (χ0v) is 12.0. The molecule has 0 saturated heterocycles. The van der Waals surface area contributed by atoms with Gasteiger partial charge in [-0.05, 0) is 38.1 Å². The Bertz CT molecular complexity index is 653. The zero-order chi connectivity index (χ0) is 14.0. The molecule has 19 heavy (non-hydrogen) atoms. The summed E-state index contributed by atoms with van der Waals surface area (Å²) in [4.78, 5) is 12.5. The number of benzene rings is 1. The Kier molecular flexibility index (Phi) is 3.85. The van der Waals surface area contributed by atoms with Crippen LogP contribution in [0, 0.1) is 12.3 Å². The Balaban J connectivity index is 2.47. The van der Waals surface area contributed by atoms with Gasteiger partial charge in [-0.15, -0.1) is 0 Å². The molecule has 0 spiro atoms. The molecule has 0 radical (unpaired) electrons. The van der Waals surface area contributed by atoms with Crippen molar-refractivity contribution in [1.29, 1.82) is 5.41 Å². The number of carbonyl (C=O) groups is 1. The number of hydrogen-bond acceptors (Lipinski definition) is 4. The first-order valence-electron chi connectivity index (χ1n) is 6.05. The van der Waals surface area contributed by atoms with Crippen molar-refractivity contribution in [2.24, 2.45) is 0 Å². The van der Waals surface area contributed by atoms with Crippen molar-refractivity contribution < 1.29 is 9.53 Å². The van der Waals surface area contributed by atoms with Crippen LogP contribution in [0.1, 0.15) is 29.2 Å². The molecule has 0 saturated carbocycles. The third-order valence-corrected chi connectivity index (χ3v) is 3.95. The van der Waals surface area contributed by atoms with E-state index in [0.717, 1.165) is 17.1 Å². The summed E-state index contributed by atoms with van der Waals surface area (Å²) in [7, 11) is 0. The van der Waals surface area contributed by atoms with E-state index >= 15 is 0 Å². The first-order chi connectivity index (χ1) is 9.04. The van der Waals surface area contributed by atoms with Crippen LogP contribution in [0.3, 0.4) is 0 Å². The molecule has 2 rings (SSSR count). The highest BCUT2D eigenvalue weighted by Crippen LogP contribution is 2.19. The van der Waals surface area contributed by atoms with Crippen LogP contribution in [0.25, 0.3) is 5.69 Å². The lowest BCUT2D eigenvalue weighted by Crippen LogP contribution is -2.12. The Morgan fingerprint density at radius 3 is 2.47 bits per heavy atom. The second-order valence-corrected chi connectivity index (χ2v) is 5.14. The molecule has 0 aliphatic heterocycles. The number of ketones is 1. The smallest absolute Gasteiger partial charge is 0.187 e. The zero-order valence-electron chi connectivity index (χ0n) is 11.2. The molecule has 1 aromatic heterocycles. The van der Waals surface area contributed by atoms with Gasteiger partial charge in [0.2, 0.25) is 0 Å². The molecule has 0 fully saturated rings. The quantitative estimate of drug-likeness (QED) is 0.873. The highest BCUT2D eigenvalue weighted by Gasteiger charge is 2.13. The Morgan fingerprint density at radius 2 is 2.00 bits per heavy atom. The van der Waals surface area contributed by atoms with E-state index in [1.807, 2.05) is 38.1 Å². The van der Waals surface area contributed by atoms with Crippen LogP contribution in [-0.4, -0.2) is 17.0 Å². The normalized spacial score (nSPS) is 10.5. The van der Waals surface area contributed by atoms with Gasteiger partial charge in [0.05, 0.1) is 11.5 Å². The lowest BCUT2D eigenvalue weighted by atomic mass is 10.2. The Morgan fingerprint density at radius 1 is 1.37 bits per heavy atom. The average Bonchev–Trinajstić information content (AvgIpc) is 2.67. The van der Waals surface area contributed by atoms with Gasteiger partial charge < -0.3 is 4.74 Å². The molecular weight excluding hydrogens is 260 g/mol. The fourth-order valence-corrected chi connectivity index (χ4v) is 2.88. The van der Waals surface area contributed by atoms with Gasteiger partial charge in [0.1, 0.15) is 5.75 Å². The minimum absolute atomic E-state index is 0.000636. The summed E-state index contributed by atoms with van der Waals surface area (Å²) < 4.78 is 7.17. The van der Waals surface area contributed by atoms with Gasteiger partial charge >= 0.3 is 0 Å². The lowest BCUT2D eigenvalue weighted by Gasteiger charge is -2.08. The molecule has 1 N–H and O–H groups in total. The third kappa shape index (κ3) is 2.61. The number of ether oxygens (including phenoxy) is 1. The van der Waals surface area contributed by atoms with E-state index in [-0.39, 0.29) is 5.78 Å². The molecule has 0 unspecified atom stereocenters. The van der Waals surface area contributed by atoms with Crippen LogP contribution in [0.2, 0.25) is 0 Å². The summed E-state index contributed by atoms with van der Waals surface area (Å²) in [6.07, 6.45) is 0. The fourth-order valence-electron chi connectivity index (χ4n) is 1.97. The van der Waals surface area contributed by atoms with Gasteiger partial charge in [0.25, 0.3) is 0 Å². The molecule has 4 nitrogen and oxygen atoms in total. The Hall–Kier alpha value is -1.88. The second kappa shape index (κ2) is 5.40. The van der Waals surface area contributed by atoms with Crippen molar-refractivity contribution in [3.05, 3.63) is 39.6 Å². The summed E-state index contributed by atoms with van der Waals surface area (Å²) in [6.45, 7) is 5.96. The van der Waals surface area contributed by atoms with E-state index in [1.54, 1.807) is 4.57 Å². The molecule has 0 bridgehead atoms. The number of rotatable bonds is 4. The lowest BCUT2D eigenvalue weighted by molar-refractivity contribution is 0.102. The third-order valence-electron chi connectivity index (χ3n) is 2.79. The summed E-state index contributed by atoms with van der Waals surface area (Å²) in [5.74, 6) is 0.804. The SMILES string of the molecule is CCOc1ccc(-n2c(C)c(C(C)=O)sc2=N)cc1. The van der Waals surface area contributed by atoms with Crippen molar-refractivity contribution in [3.8, 4) is 11.4 Å². The number of nitrogens with zero attached hydrogens (tertiary/aromatic N) is 1. The number of carbonyl (C=O) groups excluding carboxylic acids is 1. The molecule has 1 aromatic carbocycles. The standard InChI is InChI=1S/C14H16N2O2S/c1-4-18-12-7-5-11(6-8-12)16-9(2)13(10(3)17)19-14(16)15/h5-8,15H,4H2,1-3H3. The molecule has 0 amide bonds. The van der Waals surface area contributed by atoms with Crippen LogP contribution in [0.5, 0.6) is 5.75 Å². The minimum Gasteiger partial charge on any atom is -0.494 e. The van der Waals surface area contributed by atoms with Gasteiger partial charge in [0.15, 0.2) is 10.6 Å². The average molecular weight is 276 g/mol. The maximum Gasteiger partial charge on any atom is 0.187 e. The molecule has 0 aliphatic carbocycles. The molecule has 5 heteroatoms. The van der Waals surface area contributed by atoms with Gasteiger partial charge in [-0.2, -0.15) is 0 Å². The van der Waals surface area contributed by atoms with Crippen LogP contribution in [0.4, 0.5) is 0 Å². The predicted octanol–water partition coefficient (Wildman–Crippen LogP) is 2.93. The van der Waals surface area contributed by atoms with E-state index in [1.165, 1.54) is 18.3 Å². The maximum absolute atomic E-state index is 11.5. The van der Waals surface area contributed by atoms with E-state index < -0.39 is 0 Å². The molecular formula is C14H16N2O2S. The maximum atomic E-state index is 11.5. The van der Waals surface area contributed by atoms with Crippen molar-refractivity contribution >= 4 is 17.1 Å². The minimum atomic E-state index is 0.000636. The van der Waals surface area contributed by atoms with Gasteiger partial charge in [-0.25, -0.2) is 0 Å². The highest BCUT2D eigenvalue weighted by molar-refractivity contribution is 7.11. The molecule has 2 aromatic rings. The molecule has 0 atom stereocenters. The van der Waals surface area contributed by atoms with Crippen LogP contribution >= 0.6 is 11.3 Å². The van der Waals surface area contributed by atoms with E-state index in [4.69, 9.17) is 10.1 Å². The highest BCUT2D eigenvalue weighted by atomic mass is 32.1. The van der Waals surface area contributed by atoms with Crippen LogP contribution in [-0.2, 0) is 0 Å². The van der Waals surface area contributed by atoms with Crippen molar-refractivity contribution in [1.82, 2.24) is 4.57 Å². The topological polar surface area (TPSA) is 55.1 Å². The van der Waals surface area contributed by atoms with Crippen molar-refractivity contribution in [3.63, 3.8) is 0 Å². The number of nitrogens with one attached hydrogen (secondary N) is 1. The van der Waals surface area contributed by atoms with E-state index in [9.17, 15) is 4.79 Å². The van der Waals surface area contributed by atoms with Gasteiger partial charge in [0, 0.05) is 18.3 Å². The number of aromatic nitrogens is 1. The monoisotopic (exact) mass is 276 g/mol. The number of hydrogen-bond donors (Lipinski definition) is 1. The molecule has 0 aliphatic rings. The molecule has 1 heterocycles. The summed E-state index contributed by atoms with van der Waals surface area (Å²) >= 11 is 1.21. The fraction of sp³-hybridized carbons (Fsp3) is 0.286. The van der Waals surface area contributed by atoms with Crippen molar-refractivity contribution in [2.75, 3.05) is 6.61 Å². The predicted molar refractivity (Wildman–Crippen MR) is 75.4 cm³/mol. The number of Topliss-reactive ketones (excluding diaryl/α,β-unsaturated/α-hetero) is 1.